The zero-order valence-electron chi connectivity index (χ0n) is 9.63. The summed E-state index contributed by atoms with van der Waals surface area (Å²) in [5.41, 5.74) is 4.02. The van der Waals surface area contributed by atoms with Gasteiger partial charge in [0.2, 0.25) is 0 Å². The summed E-state index contributed by atoms with van der Waals surface area (Å²) < 4.78 is 0.981. The molecule has 0 aliphatic heterocycles. The number of hydrogen-bond acceptors (Lipinski definition) is 1. The van der Waals surface area contributed by atoms with E-state index in [0.717, 1.165) is 3.39 Å². The fraction of sp³-hybridized carbons (Fsp3) is 0.143. The number of thiophene rings is 1. The van der Waals surface area contributed by atoms with E-state index in [4.69, 9.17) is 0 Å². The number of benzene rings is 1. The van der Waals surface area contributed by atoms with Gasteiger partial charge < -0.3 is 0 Å². The van der Waals surface area contributed by atoms with Gasteiger partial charge in [0.05, 0.1) is 3.39 Å². The monoisotopic (exact) mass is 370 g/mol. The maximum Gasteiger partial charge on any atom is 0.0618 e. The zero-order chi connectivity index (χ0) is 12.4. The van der Waals surface area contributed by atoms with Gasteiger partial charge in [-0.15, -0.1) is 11.3 Å². The van der Waals surface area contributed by atoms with Crippen molar-refractivity contribution in [3.05, 3.63) is 49.7 Å². The molecule has 0 unspecified atom stereocenters. The van der Waals surface area contributed by atoms with E-state index in [1.165, 1.54) is 26.4 Å². The molecule has 0 saturated heterocycles. The molecule has 0 bridgehead atoms. The van der Waals surface area contributed by atoms with E-state index in [0.29, 0.717) is 0 Å². The van der Waals surface area contributed by atoms with Crippen molar-refractivity contribution in [3.63, 3.8) is 0 Å². The highest BCUT2D eigenvalue weighted by Gasteiger charge is 2.11. The van der Waals surface area contributed by atoms with Crippen LogP contribution in [0.25, 0.3) is 16.5 Å². The molecule has 88 valence electrons. The van der Waals surface area contributed by atoms with Crippen molar-refractivity contribution in [3.8, 4) is 10.4 Å². The summed E-state index contributed by atoms with van der Waals surface area (Å²) in [6, 6.07) is 10.5. The predicted octanol–water partition coefficient (Wildman–Crippen LogP) is 6.12. The third-order valence-electron chi connectivity index (χ3n) is 2.76. The van der Waals surface area contributed by atoms with Gasteiger partial charge in [-0.1, -0.05) is 30.3 Å². The van der Waals surface area contributed by atoms with Crippen molar-refractivity contribution in [1.82, 2.24) is 0 Å². The zero-order valence-corrected chi connectivity index (χ0v) is 13.6. The van der Waals surface area contributed by atoms with Gasteiger partial charge in [0, 0.05) is 9.75 Å². The fourth-order valence-corrected chi connectivity index (χ4v) is 3.74. The Morgan fingerprint density at radius 1 is 1.06 bits per heavy atom. The normalized spacial score (nSPS) is 10.4. The highest BCUT2D eigenvalue weighted by atomic mass is 79.9. The van der Waals surface area contributed by atoms with Crippen LogP contribution in [-0.2, 0) is 0 Å². The van der Waals surface area contributed by atoms with Gasteiger partial charge in [-0.3, -0.25) is 0 Å². The van der Waals surface area contributed by atoms with Crippen molar-refractivity contribution in [2.24, 2.45) is 0 Å². The van der Waals surface area contributed by atoms with Crippen molar-refractivity contribution in [1.29, 1.82) is 0 Å². The minimum absolute atomic E-state index is 0.981. The van der Waals surface area contributed by atoms with Gasteiger partial charge in [-0.05, 0) is 68.5 Å². The molecule has 0 fully saturated rings. The number of rotatable bonds is 2. The molecule has 2 rings (SSSR count). The first-order valence-corrected chi connectivity index (χ1v) is 7.68. The maximum absolute atomic E-state index is 3.42. The lowest BCUT2D eigenvalue weighted by Crippen LogP contribution is -1.77. The second kappa shape index (κ2) is 5.51. The van der Waals surface area contributed by atoms with Crippen LogP contribution in [0.4, 0.5) is 0 Å². The van der Waals surface area contributed by atoms with Crippen LogP contribution in [0, 0.1) is 13.8 Å². The van der Waals surface area contributed by atoms with Gasteiger partial charge in [0.25, 0.3) is 0 Å². The third kappa shape index (κ3) is 2.90. The molecule has 0 aliphatic carbocycles. The van der Waals surface area contributed by atoms with Crippen LogP contribution in [-0.4, -0.2) is 0 Å². The lowest BCUT2D eigenvalue weighted by Gasteiger charge is -1.98. The lowest BCUT2D eigenvalue weighted by molar-refractivity contribution is 1.39. The van der Waals surface area contributed by atoms with Crippen LogP contribution in [0.15, 0.2) is 33.7 Å². The quantitative estimate of drug-likeness (QED) is 0.596. The molecule has 0 aliphatic rings. The third-order valence-corrected chi connectivity index (χ3v) is 4.61. The minimum Gasteiger partial charge on any atom is -0.135 e. The first-order chi connectivity index (χ1) is 8.09. The molecule has 17 heavy (non-hydrogen) atoms. The summed E-state index contributed by atoms with van der Waals surface area (Å²) in [5.74, 6) is 0. The SMILES string of the molecule is Cc1c(C=C(Br)Br)sc(-c2ccccc2)c1C. The molecule has 0 radical (unpaired) electrons. The Morgan fingerprint density at radius 2 is 1.71 bits per heavy atom. The van der Waals surface area contributed by atoms with Crippen LogP contribution in [0.5, 0.6) is 0 Å². The van der Waals surface area contributed by atoms with Crippen molar-refractivity contribution < 1.29 is 0 Å². The highest BCUT2D eigenvalue weighted by Crippen LogP contribution is 2.37. The smallest absolute Gasteiger partial charge is 0.0618 e. The molecule has 0 saturated carbocycles. The first kappa shape index (κ1) is 13.1. The molecule has 1 aromatic carbocycles. The molecule has 0 atom stereocenters. The molecular weight excluding hydrogens is 360 g/mol. The van der Waals surface area contributed by atoms with Crippen LogP contribution >= 0.6 is 43.2 Å². The van der Waals surface area contributed by atoms with Gasteiger partial charge >= 0.3 is 0 Å². The summed E-state index contributed by atoms with van der Waals surface area (Å²) in [6.07, 6.45) is 2.11. The van der Waals surface area contributed by atoms with Gasteiger partial charge in [0.15, 0.2) is 0 Å². The second-order valence-electron chi connectivity index (χ2n) is 3.85. The molecule has 0 nitrogen and oxygen atoms in total. The standard InChI is InChI=1S/C14H12Br2S/c1-9-10(2)14(11-6-4-3-5-7-11)17-12(9)8-13(15)16/h3-8H,1-2H3. The summed E-state index contributed by atoms with van der Waals surface area (Å²) in [5, 5.41) is 0. The van der Waals surface area contributed by atoms with E-state index in [1.807, 2.05) is 11.3 Å². The Morgan fingerprint density at radius 3 is 2.29 bits per heavy atom. The van der Waals surface area contributed by atoms with Crippen LogP contribution in [0.1, 0.15) is 16.0 Å². The molecule has 0 spiro atoms. The second-order valence-corrected chi connectivity index (χ2v) is 7.67. The van der Waals surface area contributed by atoms with E-state index in [-0.39, 0.29) is 0 Å². The van der Waals surface area contributed by atoms with Crippen LogP contribution in [0.3, 0.4) is 0 Å². The molecule has 3 heteroatoms. The fourth-order valence-electron chi connectivity index (χ4n) is 1.72. The summed E-state index contributed by atoms with van der Waals surface area (Å²) in [6.45, 7) is 4.36. The van der Waals surface area contributed by atoms with E-state index in [1.54, 1.807) is 0 Å². The first-order valence-electron chi connectivity index (χ1n) is 5.27. The van der Waals surface area contributed by atoms with Crippen LogP contribution < -0.4 is 0 Å². The average Bonchev–Trinajstić information content (AvgIpc) is 2.58. The Hall–Kier alpha value is -0.380. The topological polar surface area (TPSA) is 0 Å². The molecule has 1 aromatic heterocycles. The summed E-state index contributed by atoms with van der Waals surface area (Å²) in [7, 11) is 0. The average molecular weight is 372 g/mol. The van der Waals surface area contributed by atoms with E-state index in [2.05, 4.69) is 82.1 Å². The molecule has 0 amide bonds. The molecule has 2 aromatic rings. The van der Waals surface area contributed by atoms with Gasteiger partial charge in [0.1, 0.15) is 0 Å². The largest absolute Gasteiger partial charge is 0.135 e. The lowest BCUT2D eigenvalue weighted by atomic mass is 10.1. The Kier molecular flexibility index (Phi) is 4.23. The van der Waals surface area contributed by atoms with Crippen molar-refractivity contribution in [2.45, 2.75) is 13.8 Å². The van der Waals surface area contributed by atoms with Crippen LogP contribution in [0.2, 0.25) is 0 Å². The van der Waals surface area contributed by atoms with Crippen molar-refractivity contribution >= 4 is 49.3 Å². The Bertz CT molecular complexity index is 549. The maximum atomic E-state index is 3.42. The number of hydrogen-bond donors (Lipinski definition) is 0. The molecule has 1 heterocycles. The molecule has 0 N–H and O–H groups in total. The number of halogens is 2. The van der Waals surface area contributed by atoms with E-state index in [9.17, 15) is 0 Å². The van der Waals surface area contributed by atoms with Gasteiger partial charge in [-0.2, -0.15) is 0 Å². The minimum atomic E-state index is 0.981. The van der Waals surface area contributed by atoms with E-state index < -0.39 is 0 Å². The summed E-state index contributed by atoms with van der Waals surface area (Å²) >= 11 is 8.67. The highest BCUT2D eigenvalue weighted by molar-refractivity contribution is 9.28. The Labute approximate surface area is 123 Å². The van der Waals surface area contributed by atoms with Gasteiger partial charge in [-0.25, -0.2) is 0 Å². The van der Waals surface area contributed by atoms with E-state index >= 15 is 0 Å². The predicted molar refractivity (Wildman–Crippen MR) is 85.1 cm³/mol. The van der Waals surface area contributed by atoms with Crippen molar-refractivity contribution in [2.75, 3.05) is 0 Å². The Balaban J connectivity index is 2.54. The molecular formula is C14H12Br2S. The summed E-state index contributed by atoms with van der Waals surface area (Å²) in [4.78, 5) is 2.65.